The van der Waals surface area contributed by atoms with E-state index < -0.39 is 0 Å². The van der Waals surface area contributed by atoms with Gasteiger partial charge in [-0.1, -0.05) is 15.9 Å². The van der Waals surface area contributed by atoms with Gasteiger partial charge in [-0.05, 0) is 37.2 Å². The van der Waals surface area contributed by atoms with E-state index in [1.54, 1.807) is 31.4 Å². The highest BCUT2D eigenvalue weighted by Gasteiger charge is 2.13. The van der Waals surface area contributed by atoms with Crippen molar-refractivity contribution in [2.75, 3.05) is 25.6 Å². The van der Waals surface area contributed by atoms with Gasteiger partial charge >= 0.3 is 0 Å². The molecule has 3 aromatic rings. The zero-order chi connectivity index (χ0) is 18.5. The normalized spacial score (nSPS) is 10.8. The summed E-state index contributed by atoms with van der Waals surface area (Å²) in [5.41, 5.74) is 6.47. The Balaban J connectivity index is 1.98. The lowest BCUT2D eigenvalue weighted by atomic mass is 10.2. The molecule has 0 unspecified atom stereocenters. The Labute approximate surface area is 158 Å². The number of hydrogen-bond acceptors (Lipinski definition) is 6. The second-order valence-electron chi connectivity index (χ2n) is 5.48. The molecule has 136 valence electrons. The first-order valence-corrected chi connectivity index (χ1v) is 8.79. The first kappa shape index (κ1) is 18.3. The second-order valence-corrected chi connectivity index (χ2v) is 6.40. The van der Waals surface area contributed by atoms with Gasteiger partial charge in [0.15, 0.2) is 11.5 Å². The van der Waals surface area contributed by atoms with Gasteiger partial charge in [0, 0.05) is 15.9 Å². The standard InChI is InChI=1S/C18H18BrFN4O2/c1-25-16-8-12-15(9-17(16)26-6-2-5-21)22-10-23-18(12)24-14-4-3-11(19)7-13(14)20/h3-4,7-10H,2,5-6,21H2,1H3,(H,22,23,24). The molecule has 0 radical (unpaired) electrons. The van der Waals surface area contributed by atoms with Gasteiger partial charge in [-0.2, -0.15) is 0 Å². The number of halogens is 2. The van der Waals surface area contributed by atoms with Crippen LogP contribution in [0.1, 0.15) is 6.42 Å². The van der Waals surface area contributed by atoms with Gasteiger partial charge < -0.3 is 20.5 Å². The SMILES string of the molecule is COc1cc2c(Nc3ccc(Br)cc3F)ncnc2cc1OCCCN. The molecule has 0 atom stereocenters. The summed E-state index contributed by atoms with van der Waals surface area (Å²) in [6.07, 6.45) is 2.15. The van der Waals surface area contributed by atoms with Crippen LogP contribution in [-0.4, -0.2) is 30.2 Å². The maximum atomic E-state index is 14.1. The lowest BCUT2D eigenvalue weighted by Gasteiger charge is -2.14. The zero-order valence-corrected chi connectivity index (χ0v) is 15.7. The number of hydrogen-bond donors (Lipinski definition) is 2. The van der Waals surface area contributed by atoms with Crippen LogP contribution in [0.15, 0.2) is 41.1 Å². The molecule has 0 aliphatic rings. The molecule has 1 heterocycles. The Bertz CT molecular complexity index is 923. The van der Waals surface area contributed by atoms with E-state index in [9.17, 15) is 4.39 Å². The highest BCUT2D eigenvalue weighted by atomic mass is 79.9. The predicted molar refractivity (Wildman–Crippen MR) is 103 cm³/mol. The monoisotopic (exact) mass is 420 g/mol. The second kappa shape index (κ2) is 8.29. The number of methoxy groups -OCH3 is 1. The van der Waals surface area contributed by atoms with E-state index in [-0.39, 0.29) is 5.82 Å². The van der Waals surface area contributed by atoms with Crippen LogP contribution < -0.4 is 20.5 Å². The lowest BCUT2D eigenvalue weighted by Crippen LogP contribution is -2.07. The van der Waals surface area contributed by atoms with Crippen LogP contribution in [0.25, 0.3) is 10.9 Å². The van der Waals surface area contributed by atoms with Crippen LogP contribution in [0, 0.1) is 5.82 Å². The third-order valence-corrected chi connectivity index (χ3v) is 4.20. The molecule has 0 aliphatic heterocycles. The van der Waals surface area contributed by atoms with Crippen molar-refractivity contribution in [2.45, 2.75) is 6.42 Å². The molecule has 26 heavy (non-hydrogen) atoms. The van der Waals surface area contributed by atoms with E-state index in [1.807, 2.05) is 0 Å². The zero-order valence-electron chi connectivity index (χ0n) is 14.1. The fourth-order valence-electron chi connectivity index (χ4n) is 2.42. The number of nitrogens with zero attached hydrogens (tertiary/aromatic N) is 2. The Hall–Kier alpha value is -2.45. The number of anilines is 2. The van der Waals surface area contributed by atoms with Crippen molar-refractivity contribution in [3.05, 3.63) is 46.9 Å². The van der Waals surface area contributed by atoms with Crippen molar-refractivity contribution in [3.8, 4) is 11.5 Å². The summed E-state index contributed by atoms with van der Waals surface area (Å²) >= 11 is 3.24. The summed E-state index contributed by atoms with van der Waals surface area (Å²) in [7, 11) is 1.56. The first-order chi connectivity index (χ1) is 12.6. The van der Waals surface area contributed by atoms with Crippen molar-refractivity contribution in [3.63, 3.8) is 0 Å². The summed E-state index contributed by atoms with van der Waals surface area (Å²) < 4.78 is 25.9. The fraction of sp³-hybridized carbons (Fsp3) is 0.222. The molecule has 2 aromatic carbocycles. The number of nitrogens with one attached hydrogen (secondary N) is 1. The van der Waals surface area contributed by atoms with E-state index in [0.717, 1.165) is 6.42 Å². The van der Waals surface area contributed by atoms with E-state index in [0.29, 0.717) is 51.5 Å². The molecule has 0 fully saturated rings. The van der Waals surface area contributed by atoms with Crippen LogP contribution in [-0.2, 0) is 0 Å². The first-order valence-electron chi connectivity index (χ1n) is 8.00. The summed E-state index contributed by atoms with van der Waals surface area (Å²) in [6.45, 7) is 1.03. The predicted octanol–water partition coefficient (Wildman–Crippen LogP) is 4.01. The average molecular weight is 421 g/mol. The molecule has 3 rings (SSSR count). The molecule has 0 bridgehead atoms. The molecule has 0 saturated carbocycles. The van der Waals surface area contributed by atoms with Crippen LogP contribution in [0.3, 0.4) is 0 Å². The highest BCUT2D eigenvalue weighted by Crippen LogP contribution is 2.35. The number of aromatic nitrogens is 2. The van der Waals surface area contributed by atoms with Crippen molar-refractivity contribution < 1.29 is 13.9 Å². The van der Waals surface area contributed by atoms with Gasteiger partial charge in [0.05, 0.1) is 24.9 Å². The van der Waals surface area contributed by atoms with E-state index in [4.69, 9.17) is 15.2 Å². The maximum absolute atomic E-state index is 14.1. The molecule has 8 heteroatoms. The summed E-state index contributed by atoms with van der Waals surface area (Å²) in [4.78, 5) is 8.50. The minimum absolute atomic E-state index is 0.315. The van der Waals surface area contributed by atoms with E-state index >= 15 is 0 Å². The molecule has 0 saturated heterocycles. The minimum Gasteiger partial charge on any atom is -0.493 e. The molecule has 0 aliphatic carbocycles. The third-order valence-electron chi connectivity index (χ3n) is 3.71. The number of benzene rings is 2. The maximum Gasteiger partial charge on any atom is 0.163 e. The van der Waals surface area contributed by atoms with Crippen LogP contribution in [0.5, 0.6) is 11.5 Å². The number of nitrogens with two attached hydrogens (primary N) is 1. The minimum atomic E-state index is -0.389. The van der Waals surface area contributed by atoms with Gasteiger partial charge in [-0.15, -0.1) is 0 Å². The lowest BCUT2D eigenvalue weighted by molar-refractivity contribution is 0.292. The number of fused-ring (bicyclic) bond motifs is 1. The smallest absolute Gasteiger partial charge is 0.163 e. The van der Waals surface area contributed by atoms with Crippen molar-refractivity contribution in [1.29, 1.82) is 0 Å². The Morgan fingerprint density at radius 3 is 2.77 bits per heavy atom. The molecular weight excluding hydrogens is 403 g/mol. The summed E-state index contributed by atoms with van der Waals surface area (Å²) in [5, 5.41) is 3.70. The molecule has 0 amide bonds. The third kappa shape index (κ3) is 4.03. The molecular formula is C18H18BrFN4O2. The average Bonchev–Trinajstić information content (AvgIpc) is 2.64. The van der Waals surface area contributed by atoms with Crippen molar-refractivity contribution >= 4 is 38.3 Å². The highest BCUT2D eigenvalue weighted by molar-refractivity contribution is 9.10. The van der Waals surface area contributed by atoms with Crippen LogP contribution >= 0.6 is 15.9 Å². The quantitative estimate of drug-likeness (QED) is 0.561. The molecule has 6 nitrogen and oxygen atoms in total. The Morgan fingerprint density at radius 2 is 2.04 bits per heavy atom. The van der Waals surface area contributed by atoms with E-state index in [1.165, 1.54) is 12.4 Å². The molecule has 0 spiro atoms. The topological polar surface area (TPSA) is 82.3 Å². The molecule has 3 N–H and O–H groups in total. The van der Waals surface area contributed by atoms with Crippen LogP contribution in [0.4, 0.5) is 15.9 Å². The van der Waals surface area contributed by atoms with Gasteiger partial charge in [0.25, 0.3) is 0 Å². The van der Waals surface area contributed by atoms with Gasteiger partial charge in [-0.25, -0.2) is 14.4 Å². The van der Waals surface area contributed by atoms with Gasteiger partial charge in [-0.3, -0.25) is 0 Å². The molecule has 1 aromatic heterocycles. The number of rotatable bonds is 7. The van der Waals surface area contributed by atoms with Crippen molar-refractivity contribution in [2.24, 2.45) is 5.73 Å². The largest absolute Gasteiger partial charge is 0.493 e. The van der Waals surface area contributed by atoms with Gasteiger partial charge in [0.1, 0.15) is 18.0 Å². The Kier molecular flexibility index (Phi) is 5.85. The van der Waals surface area contributed by atoms with E-state index in [2.05, 4.69) is 31.2 Å². The van der Waals surface area contributed by atoms with Crippen LogP contribution in [0.2, 0.25) is 0 Å². The number of ether oxygens (including phenoxy) is 2. The summed E-state index contributed by atoms with van der Waals surface area (Å²) in [6, 6.07) is 8.31. The van der Waals surface area contributed by atoms with Gasteiger partial charge in [0.2, 0.25) is 0 Å². The fourth-order valence-corrected chi connectivity index (χ4v) is 2.75. The summed E-state index contributed by atoms with van der Waals surface area (Å²) in [5.74, 6) is 1.21. The van der Waals surface area contributed by atoms with Crippen molar-refractivity contribution in [1.82, 2.24) is 9.97 Å². The Morgan fingerprint density at radius 1 is 1.19 bits per heavy atom.